The maximum absolute atomic E-state index is 4.07. The van der Waals surface area contributed by atoms with Gasteiger partial charge in [0.2, 0.25) is 0 Å². The zero-order valence-electron chi connectivity index (χ0n) is 24.8. The molecule has 2 aliphatic carbocycles. The Morgan fingerprint density at radius 3 is 1.49 bits per heavy atom. The molecule has 5 aromatic rings. The monoisotopic (exact) mass is 582 g/mol. The maximum atomic E-state index is 4.07. The van der Waals surface area contributed by atoms with Crippen molar-refractivity contribution in [3.63, 3.8) is 0 Å². The highest BCUT2D eigenvalue weighted by Gasteiger charge is 2.42. The number of fused-ring (bicyclic) bond motifs is 10. The van der Waals surface area contributed by atoms with E-state index < -0.39 is 8.07 Å². The lowest BCUT2D eigenvalue weighted by Gasteiger charge is -2.38. The summed E-state index contributed by atoms with van der Waals surface area (Å²) in [5, 5.41) is 5.25. The van der Waals surface area contributed by atoms with Gasteiger partial charge in [-0.25, -0.2) is 0 Å². The third kappa shape index (κ3) is 3.66. The molecule has 3 heteroatoms. The maximum Gasteiger partial charge on any atom is 0.146 e. The van der Waals surface area contributed by atoms with Crippen molar-refractivity contribution >= 4 is 62.1 Å². The Morgan fingerprint density at radius 2 is 1.05 bits per heavy atom. The van der Waals surface area contributed by atoms with Crippen LogP contribution in [0.4, 0.5) is 0 Å². The van der Waals surface area contributed by atoms with Crippen molar-refractivity contribution in [1.29, 1.82) is 0 Å². The van der Waals surface area contributed by atoms with E-state index in [0.717, 1.165) is 0 Å². The lowest BCUT2D eigenvalue weighted by atomic mass is 9.99. The van der Waals surface area contributed by atoms with Crippen LogP contribution in [0, 0.1) is 23.3 Å². The standard InChI is InChI=1S/C38H34S2Si/c1-8-13-25-29-20-32-30(21-31(29)35-27-14-9-11-16-33(27)39-37(25)35)26(18-19-41(22(2)3,23(4)5)24(6)7)38-36(32)28-15-10-12-17-34(28)40-38/h9-12,14-17,20-24H,1-7H3. The molecule has 0 N–H and O–H groups in total. The van der Waals surface area contributed by atoms with E-state index in [9.17, 15) is 0 Å². The van der Waals surface area contributed by atoms with E-state index in [1.807, 2.05) is 29.6 Å². The lowest BCUT2D eigenvalue weighted by molar-refractivity contribution is 0.838. The van der Waals surface area contributed by atoms with Crippen molar-refractivity contribution < 1.29 is 0 Å². The highest BCUT2D eigenvalue weighted by molar-refractivity contribution is 7.21. The highest BCUT2D eigenvalue weighted by Crippen LogP contribution is 2.48. The number of hydrogen-bond acceptors (Lipinski definition) is 2. The molecule has 2 aromatic heterocycles. The number of thiophene rings is 2. The number of benzene rings is 3. The zero-order valence-corrected chi connectivity index (χ0v) is 27.5. The van der Waals surface area contributed by atoms with Gasteiger partial charge in [-0.1, -0.05) is 89.8 Å². The van der Waals surface area contributed by atoms with Gasteiger partial charge in [-0.2, -0.15) is 0 Å². The van der Waals surface area contributed by atoms with Crippen molar-refractivity contribution in [3.8, 4) is 45.6 Å². The molecule has 2 aliphatic rings. The summed E-state index contributed by atoms with van der Waals surface area (Å²) in [6.45, 7) is 16.4. The highest BCUT2D eigenvalue weighted by atomic mass is 32.1. The summed E-state index contributed by atoms with van der Waals surface area (Å²) in [5.41, 5.74) is 13.6. The molecule has 0 saturated carbocycles. The first-order chi connectivity index (χ1) is 19.8. The van der Waals surface area contributed by atoms with Crippen LogP contribution in [-0.2, 0) is 0 Å². The molecule has 202 valence electrons. The Balaban J connectivity index is 1.61. The van der Waals surface area contributed by atoms with Crippen molar-refractivity contribution in [2.75, 3.05) is 0 Å². The zero-order chi connectivity index (χ0) is 28.6. The van der Waals surface area contributed by atoms with Gasteiger partial charge in [0.25, 0.3) is 0 Å². The smallest absolute Gasteiger partial charge is 0.134 e. The Hall–Kier alpha value is -3.34. The van der Waals surface area contributed by atoms with Gasteiger partial charge in [0, 0.05) is 47.3 Å². The Kier molecular flexibility index (Phi) is 6.22. The summed E-state index contributed by atoms with van der Waals surface area (Å²) in [6, 6.07) is 22.6. The third-order valence-corrected chi connectivity index (χ3v) is 18.1. The molecule has 2 heterocycles. The van der Waals surface area contributed by atoms with Crippen molar-refractivity contribution in [3.05, 3.63) is 80.9 Å². The minimum Gasteiger partial charge on any atom is -0.134 e. The summed E-state index contributed by atoms with van der Waals surface area (Å²) >= 11 is 3.78. The van der Waals surface area contributed by atoms with E-state index in [-0.39, 0.29) is 0 Å². The summed E-state index contributed by atoms with van der Waals surface area (Å²) in [7, 11) is -1.90. The lowest BCUT2D eigenvalue weighted by Crippen LogP contribution is -2.43. The quantitative estimate of drug-likeness (QED) is 0.147. The van der Waals surface area contributed by atoms with Crippen LogP contribution < -0.4 is 10.4 Å². The average Bonchev–Trinajstić information content (AvgIpc) is 3.65. The molecule has 0 saturated heterocycles. The molecule has 3 aromatic carbocycles. The Bertz CT molecular complexity index is 2140. The van der Waals surface area contributed by atoms with Crippen LogP contribution in [0.15, 0.2) is 60.7 Å². The van der Waals surface area contributed by atoms with E-state index in [2.05, 4.69) is 126 Å². The molecule has 0 amide bonds. The van der Waals surface area contributed by atoms with Crippen LogP contribution in [0.2, 0.25) is 16.6 Å². The SMILES string of the molecule is CC#CC1=c2cc3c(cc2-c2c1sc1ccccc21)=C(C#C[Si](C(C)C)(C(C)C)C(C)C)c1sc2ccccc2c1-3. The molecule has 0 bridgehead atoms. The van der Waals surface area contributed by atoms with Crippen molar-refractivity contribution in [2.45, 2.75) is 65.1 Å². The molecular formula is C38H34S2Si. The van der Waals surface area contributed by atoms with E-state index in [1.54, 1.807) is 0 Å². The fourth-order valence-corrected chi connectivity index (χ4v) is 15.3. The molecule has 0 radical (unpaired) electrons. The molecule has 7 rings (SSSR count). The van der Waals surface area contributed by atoms with Crippen LogP contribution >= 0.6 is 22.7 Å². The van der Waals surface area contributed by atoms with Crippen LogP contribution in [0.5, 0.6) is 0 Å². The van der Waals surface area contributed by atoms with E-state index >= 15 is 0 Å². The van der Waals surface area contributed by atoms with Crippen LogP contribution in [0.25, 0.3) is 53.6 Å². The summed E-state index contributed by atoms with van der Waals surface area (Å²) in [4.78, 5) is 2.66. The van der Waals surface area contributed by atoms with Gasteiger partial charge < -0.3 is 0 Å². The first kappa shape index (κ1) is 26.5. The molecule has 0 aliphatic heterocycles. The van der Waals surface area contributed by atoms with Gasteiger partial charge in [0.1, 0.15) is 8.07 Å². The van der Waals surface area contributed by atoms with Gasteiger partial charge in [0.15, 0.2) is 0 Å². The van der Waals surface area contributed by atoms with Gasteiger partial charge in [0.05, 0.1) is 15.3 Å². The second kappa shape index (κ2) is 9.61. The first-order valence-corrected chi connectivity index (χ1v) is 18.6. The fraction of sp³-hybridized carbons (Fsp3) is 0.263. The molecular weight excluding hydrogens is 549 g/mol. The molecule has 0 spiro atoms. The van der Waals surface area contributed by atoms with Crippen molar-refractivity contribution in [1.82, 2.24) is 0 Å². The minimum atomic E-state index is -1.90. The second-order valence-electron chi connectivity index (χ2n) is 12.3. The van der Waals surface area contributed by atoms with Crippen LogP contribution in [0.1, 0.15) is 58.2 Å². The first-order valence-electron chi connectivity index (χ1n) is 14.7. The molecule has 0 unspecified atom stereocenters. The van der Waals surface area contributed by atoms with Gasteiger partial charge >= 0.3 is 0 Å². The number of rotatable bonds is 3. The van der Waals surface area contributed by atoms with Gasteiger partial charge in [-0.3, -0.25) is 0 Å². The fourth-order valence-electron chi connectivity index (χ4n) is 7.63. The topological polar surface area (TPSA) is 0 Å². The average molecular weight is 583 g/mol. The van der Waals surface area contributed by atoms with Gasteiger partial charge in [-0.15, -0.1) is 34.1 Å². The summed E-state index contributed by atoms with van der Waals surface area (Å²) < 4.78 is 2.67. The van der Waals surface area contributed by atoms with Crippen molar-refractivity contribution in [2.24, 2.45) is 0 Å². The molecule has 0 atom stereocenters. The predicted octanol–water partition coefficient (Wildman–Crippen LogP) is 9.72. The second-order valence-corrected chi connectivity index (χ2v) is 20.0. The van der Waals surface area contributed by atoms with Crippen LogP contribution in [-0.4, -0.2) is 8.07 Å². The molecule has 0 nitrogen and oxygen atoms in total. The van der Waals surface area contributed by atoms with E-state index in [0.29, 0.717) is 16.6 Å². The Labute approximate surface area is 252 Å². The molecule has 0 fully saturated rings. The predicted molar refractivity (Wildman–Crippen MR) is 185 cm³/mol. The largest absolute Gasteiger partial charge is 0.146 e. The normalized spacial score (nSPS) is 13.4. The summed E-state index contributed by atoms with van der Waals surface area (Å²) in [6.07, 6.45) is 0. The molecule has 41 heavy (non-hydrogen) atoms. The van der Waals surface area contributed by atoms with E-state index in [4.69, 9.17) is 0 Å². The minimum absolute atomic E-state index is 0.600. The van der Waals surface area contributed by atoms with Crippen LogP contribution in [0.3, 0.4) is 0 Å². The third-order valence-electron chi connectivity index (χ3n) is 9.40. The van der Waals surface area contributed by atoms with E-state index in [1.165, 1.54) is 73.8 Å². The Morgan fingerprint density at radius 1 is 0.610 bits per heavy atom. The number of hydrogen-bond donors (Lipinski definition) is 0. The summed E-state index contributed by atoms with van der Waals surface area (Å²) in [5.74, 6) is 10.7. The van der Waals surface area contributed by atoms with Gasteiger partial charge in [-0.05, 0) is 58.9 Å².